The van der Waals surface area contributed by atoms with Gasteiger partial charge in [-0.3, -0.25) is 4.90 Å². The van der Waals surface area contributed by atoms with Crippen molar-refractivity contribution in [2.24, 2.45) is 11.7 Å². The minimum absolute atomic E-state index is 0.479. The summed E-state index contributed by atoms with van der Waals surface area (Å²) < 4.78 is 0. The first-order valence-electron chi connectivity index (χ1n) is 7.79. The Labute approximate surface area is 134 Å². The van der Waals surface area contributed by atoms with E-state index in [1.807, 2.05) is 6.07 Å². The molecule has 1 aromatic rings. The second-order valence-corrected chi connectivity index (χ2v) is 6.92. The smallest absolute Gasteiger partial charge is 0.103 e. The average Bonchev–Trinajstić information content (AvgIpc) is 2.42. The van der Waals surface area contributed by atoms with Gasteiger partial charge in [0.1, 0.15) is 4.99 Å². The van der Waals surface area contributed by atoms with Crippen LogP contribution in [0.15, 0.2) is 18.2 Å². The Hall–Kier alpha value is -0.970. The van der Waals surface area contributed by atoms with Crippen LogP contribution in [0.3, 0.4) is 0 Å². The van der Waals surface area contributed by atoms with Crippen LogP contribution in [0.25, 0.3) is 0 Å². The number of benzene rings is 1. The molecule has 0 aliphatic carbocycles. The SMILES string of the molecule is Cc1cc(C(N)=S)ccc1CN1CCN(CC(C)C)CC1. The number of hydrogen-bond donors (Lipinski definition) is 1. The summed E-state index contributed by atoms with van der Waals surface area (Å²) in [5.74, 6) is 0.756. The first kappa shape index (κ1) is 16.4. The van der Waals surface area contributed by atoms with Gasteiger partial charge in [-0.2, -0.15) is 0 Å². The maximum absolute atomic E-state index is 5.69. The molecule has 1 fully saturated rings. The fraction of sp³-hybridized carbons (Fsp3) is 0.588. The van der Waals surface area contributed by atoms with Crippen molar-refractivity contribution in [1.82, 2.24) is 9.80 Å². The Morgan fingerprint density at radius 1 is 1.19 bits per heavy atom. The minimum atomic E-state index is 0.479. The fourth-order valence-electron chi connectivity index (χ4n) is 2.91. The summed E-state index contributed by atoms with van der Waals surface area (Å²) >= 11 is 5.04. The van der Waals surface area contributed by atoms with E-state index in [0.29, 0.717) is 4.99 Å². The highest BCUT2D eigenvalue weighted by Crippen LogP contribution is 2.15. The first-order chi connectivity index (χ1) is 9.95. The molecule has 1 aliphatic heterocycles. The Balaban J connectivity index is 1.90. The van der Waals surface area contributed by atoms with E-state index in [2.05, 4.69) is 42.7 Å². The van der Waals surface area contributed by atoms with Crippen LogP contribution in [0.5, 0.6) is 0 Å². The molecular formula is C17H27N3S. The molecule has 1 aromatic carbocycles. The van der Waals surface area contributed by atoms with Gasteiger partial charge in [0.15, 0.2) is 0 Å². The van der Waals surface area contributed by atoms with Crippen LogP contribution in [-0.4, -0.2) is 47.5 Å². The van der Waals surface area contributed by atoms with Gasteiger partial charge < -0.3 is 10.6 Å². The molecule has 0 aromatic heterocycles. The van der Waals surface area contributed by atoms with Crippen molar-refractivity contribution in [1.29, 1.82) is 0 Å². The molecule has 116 valence electrons. The Morgan fingerprint density at radius 2 is 1.81 bits per heavy atom. The van der Waals surface area contributed by atoms with Gasteiger partial charge in [0, 0.05) is 44.8 Å². The Morgan fingerprint density at radius 3 is 2.33 bits per heavy atom. The number of rotatable bonds is 5. The van der Waals surface area contributed by atoms with Gasteiger partial charge in [0.05, 0.1) is 0 Å². The van der Waals surface area contributed by atoms with E-state index in [0.717, 1.165) is 31.1 Å². The van der Waals surface area contributed by atoms with Gasteiger partial charge in [-0.15, -0.1) is 0 Å². The molecule has 2 rings (SSSR count). The summed E-state index contributed by atoms with van der Waals surface area (Å²) in [6, 6.07) is 6.32. The van der Waals surface area contributed by atoms with E-state index >= 15 is 0 Å². The summed E-state index contributed by atoms with van der Waals surface area (Å²) in [7, 11) is 0. The van der Waals surface area contributed by atoms with Gasteiger partial charge >= 0.3 is 0 Å². The molecule has 0 unspecified atom stereocenters. The first-order valence-corrected chi connectivity index (χ1v) is 8.20. The van der Waals surface area contributed by atoms with Crippen LogP contribution in [0, 0.1) is 12.8 Å². The third kappa shape index (κ3) is 4.77. The van der Waals surface area contributed by atoms with Crippen LogP contribution in [-0.2, 0) is 6.54 Å². The molecule has 21 heavy (non-hydrogen) atoms. The lowest BCUT2D eigenvalue weighted by Gasteiger charge is -2.35. The van der Waals surface area contributed by atoms with Crippen molar-refractivity contribution in [3.8, 4) is 0 Å². The zero-order valence-electron chi connectivity index (χ0n) is 13.4. The molecule has 1 aliphatic rings. The summed E-state index contributed by atoms with van der Waals surface area (Å²) in [6.07, 6.45) is 0. The van der Waals surface area contributed by atoms with Crippen molar-refractivity contribution in [3.63, 3.8) is 0 Å². The van der Waals surface area contributed by atoms with Crippen LogP contribution in [0.2, 0.25) is 0 Å². The molecule has 0 radical (unpaired) electrons. The van der Waals surface area contributed by atoms with Crippen molar-refractivity contribution in [3.05, 3.63) is 34.9 Å². The summed E-state index contributed by atoms with van der Waals surface area (Å²) in [4.78, 5) is 5.59. The molecule has 0 spiro atoms. The third-order valence-electron chi connectivity index (χ3n) is 4.11. The fourth-order valence-corrected chi connectivity index (χ4v) is 3.04. The minimum Gasteiger partial charge on any atom is -0.389 e. The lowest BCUT2D eigenvalue weighted by molar-refractivity contribution is 0.117. The van der Waals surface area contributed by atoms with Crippen LogP contribution < -0.4 is 5.73 Å². The van der Waals surface area contributed by atoms with Crippen molar-refractivity contribution >= 4 is 17.2 Å². The van der Waals surface area contributed by atoms with Gasteiger partial charge in [0.25, 0.3) is 0 Å². The number of nitrogens with two attached hydrogens (primary N) is 1. The van der Waals surface area contributed by atoms with Gasteiger partial charge in [-0.1, -0.05) is 38.2 Å². The van der Waals surface area contributed by atoms with Crippen molar-refractivity contribution in [2.45, 2.75) is 27.3 Å². The highest BCUT2D eigenvalue weighted by molar-refractivity contribution is 7.80. The average molecular weight is 305 g/mol. The Kier molecular flexibility index (Phi) is 5.73. The standard InChI is InChI=1S/C17H27N3S/c1-13(2)11-19-6-8-20(9-7-19)12-16-5-4-15(17(18)21)10-14(16)3/h4-5,10,13H,6-9,11-12H2,1-3H3,(H2,18,21). The van der Waals surface area contributed by atoms with Crippen molar-refractivity contribution in [2.75, 3.05) is 32.7 Å². The summed E-state index contributed by atoms with van der Waals surface area (Å²) in [5.41, 5.74) is 9.32. The molecule has 1 heterocycles. The number of hydrogen-bond acceptors (Lipinski definition) is 3. The molecule has 0 atom stereocenters. The molecule has 0 amide bonds. The predicted octanol–water partition coefficient (Wildman–Crippen LogP) is 2.40. The molecule has 1 saturated heterocycles. The lowest BCUT2D eigenvalue weighted by atomic mass is 10.0. The number of nitrogens with zero attached hydrogens (tertiary/aromatic N) is 2. The van der Waals surface area contributed by atoms with E-state index in [-0.39, 0.29) is 0 Å². The van der Waals surface area contributed by atoms with Gasteiger partial charge in [0.2, 0.25) is 0 Å². The highest BCUT2D eigenvalue weighted by atomic mass is 32.1. The Bertz CT molecular complexity index is 491. The second kappa shape index (κ2) is 7.34. The largest absolute Gasteiger partial charge is 0.389 e. The monoisotopic (exact) mass is 305 g/mol. The molecular weight excluding hydrogens is 278 g/mol. The van der Waals surface area contributed by atoms with Crippen LogP contribution in [0.1, 0.15) is 30.5 Å². The normalized spacial score (nSPS) is 17.3. The quantitative estimate of drug-likeness (QED) is 0.847. The summed E-state index contributed by atoms with van der Waals surface area (Å²) in [5, 5.41) is 0. The van der Waals surface area contributed by atoms with Crippen LogP contribution >= 0.6 is 12.2 Å². The highest BCUT2D eigenvalue weighted by Gasteiger charge is 2.18. The maximum atomic E-state index is 5.69. The molecule has 0 saturated carbocycles. The maximum Gasteiger partial charge on any atom is 0.103 e. The zero-order valence-corrected chi connectivity index (χ0v) is 14.2. The van der Waals surface area contributed by atoms with Crippen molar-refractivity contribution < 1.29 is 0 Å². The third-order valence-corrected chi connectivity index (χ3v) is 4.35. The van der Waals surface area contributed by atoms with E-state index in [9.17, 15) is 0 Å². The lowest BCUT2D eigenvalue weighted by Crippen LogP contribution is -2.46. The predicted molar refractivity (Wildman–Crippen MR) is 93.6 cm³/mol. The van der Waals surface area contributed by atoms with Gasteiger partial charge in [-0.25, -0.2) is 0 Å². The topological polar surface area (TPSA) is 32.5 Å². The molecule has 0 bridgehead atoms. The van der Waals surface area contributed by atoms with E-state index in [1.165, 1.54) is 30.8 Å². The summed E-state index contributed by atoms with van der Waals surface area (Å²) in [6.45, 7) is 13.6. The van der Waals surface area contributed by atoms with Gasteiger partial charge in [-0.05, 0) is 30.0 Å². The molecule has 4 heteroatoms. The number of aryl methyl sites for hydroxylation is 1. The van der Waals surface area contributed by atoms with E-state index in [1.54, 1.807) is 0 Å². The zero-order chi connectivity index (χ0) is 15.4. The van der Waals surface area contributed by atoms with Crippen LogP contribution in [0.4, 0.5) is 0 Å². The second-order valence-electron chi connectivity index (χ2n) is 6.48. The number of piperazine rings is 1. The molecule has 3 nitrogen and oxygen atoms in total. The molecule has 2 N–H and O–H groups in total. The van der Waals surface area contributed by atoms with E-state index < -0.39 is 0 Å². The number of thiocarbonyl (C=S) groups is 1. The van der Waals surface area contributed by atoms with E-state index in [4.69, 9.17) is 18.0 Å².